The first-order valence-electron chi connectivity index (χ1n) is 4.28. The van der Waals surface area contributed by atoms with E-state index in [9.17, 15) is 5.11 Å². The summed E-state index contributed by atoms with van der Waals surface area (Å²) in [4.78, 5) is 0. The maximum Gasteiger partial charge on any atom is 0.136 e. The quantitative estimate of drug-likeness (QED) is 0.740. The molecule has 0 atom stereocenters. The molecule has 0 saturated carbocycles. The van der Waals surface area contributed by atoms with Crippen molar-refractivity contribution >= 4 is 6.08 Å². The molecule has 0 aliphatic carbocycles. The molecule has 1 aromatic rings. The Balaban J connectivity index is 2.27. The van der Waals surface area contributed by atoms with E-state index >= 15 is 0 Å². The van der Waals surface area contributed by atoms with Gasteiger partial charge in [0.05, 0.1) is 13.2 Å². The van der Waals surface area contributed by atoms with E-state index in [1.165, 1.54) is 0 Å². The van der Waals surface area contributed by atoms with Crippen molar-refractivity contribution in [3.63, 3.8) is 0 Å². The smallest absolute Gasteiger partial charge is 0.136 e. The normalized spacial score (nSPS) is 19.2. The molecule has 1 fully saturated rings. The molecular formula is C11H12O2. The lowest BCUT2D eigenvalue weighted by atomic mass is 9.91. The van der Waals surface area contributed by atoms with Crippen LogP contribution in [0.4, 0.5) is 0 Å². The van der Waals surface area contributed by atoms with Gasteiger partial charge >= 0.3 is 0 Å². The summed E-state index contributed by atoms with van der Waals surface area (Å²) in [6.07, 6.45) is 1.78. The van der Waals surface area contributed by atoms with Crippen LogP contribution in [0.25, 0.3) is 6.08 Å². The van der Waals surface area contributed by atoms with E-state index in [0.29, 0.717) is 13.2 Å². The van der Waals surface area contributed by atoms with Crippen molar-refractivity contribution in [3.8, 4) is 0 Å². The predicted octanol–water partition coefficient (Wildman–Crippen LogP) is 1.55. The van der Waals surface area contributed by atoms with Gasteiger partial charge in [0.25, 0.3) is 0 Å². The van der Waals surface area contributed by atoms with Gasteiger partial charge in [-0.25, -0.2) is 0 Å². The van der Waals surface area contributed by atoms with Crippen LogP contribution in [-0.2, 0) is 10.3 Å². The molecule has 0 spiro atoms. The Labute approximate surface area is 77.5 Å². The van der Waals surface area contributed by atoms with E-state index in [-0.39, 0.29) is 0 Å². The Morgan fingerprint density at radius 1 is 1.31 bits per heavy atom. The summed E-state index contributed by atoms with van der Waals surface area (Å²) in [7, 11) is 0. The third-order valence-corrected chi connectivity index (χ3v) is 2.37. The minimum atomic E-state index is -0.750. The first-order chi connectivity index (χ1) is 6.24. The molecule has 2 nitrogen and oxygen atoms in total. The third kappa shape index (κ3) is 1.39. The third-order valence-electron chi connectivity index (χ3n) is 2.37. The minimum absolute atomic E-state index is 0.403. The van der Waals surface area contributed by atoms with Crippen molar-refractivity contribution in [2.75, 3.05) is 13.2 Å². The van der Waals surface area contributed by atoms with Crippen LogP contribution >= 0.6 is 0 Å². The van der Waals surface area contributed by atoms with Crippen molar-refractivity contribution < 1.29 is 9.84 Å². The van der Waals surface area contributed by atoms with Crippen LogP contribution < -0.4 is 0 Å². The minimum Gasteiger partial charge on any atom is -0.380 e. The van der Waals surface area contributed by atoms with E-state index in [4.69, 9.17) is 4.74 Å². The molecule has 1 aliphatic heterocycles. The number of ether oxygens (including phenoxy) is 1. The molecule has 2 heteroatoms. The van der Waals surface area contributed by atoms with Gasteiger partial charge in [-0.15, -0.1) is 0 Å². The van der Waals surface area contributed by atoms with E-state index in [1.807, 2.05) is 24.3 Å². The fourth-order valence-electron chi connectivity index (χ4n) is 1.39. The van der Waals surface area contributed by atoms with Crippen molar-refractivity contribution in [3.05, 3.63) is 42.0 Å². The van der Waals surface area contributed by atoms with Gasteiger partial charge in [0, 0.05) is 0 Å². The lowest BCUT2D eigenvalue weighted by Gasteiger charge is -2.36. The van der Waals surface area contributed by atoms with E-state index in [1.54, 1.807) is 6.08 Å². The Hall–Kier alpha value is -1.12. The molecule has 1 saturated heterocycles. The van der Waals surface area contributed by atoms with Gasteiger partial charge in [-0.2, -0.15) is 0 Å². The number of aliphatic hydroxyl groups is 1. The standard InChI is InChI=1S/C11H12O2/c1-2-9-3-5-10(6-4-9)11(12)7-13-8-11/h2-6,12H,1,7-8H2. The highest BCUT2D eigenvalue weighted by atomic mass is 16.5. The Morgan fingerprint density at radius 2 is 1.92 bits per heavy atom. The second-order valence-corrected chi connectivity index (χ2v) is 3.35. The summed E-state index contributed by atoms with van der Waals surface area (Å²) in [6, 6.07) is 7.72. The molecule has 1 N–H and O–H groups in total. The summed E-state index contributed by atoms with van der Waals surface area (Å²) >= 11 is 0. The molecule has 1 aromatic carbocycles. The molecular weight excluding hydrogens is 164 g/mol. The molecule has 2 rings (SSSR count). The first kappa shape index (κ1) is 8.48. The highest BCUT2D eigenvalue weighted by Gasteiger charge is 2.37. The van der Waals surface area contributed by atoms with Crippen LogP contribution in [-0.4, -0.2) is 18.3 Å². The zero-order valence-electron chi connectivity index (χ0n) is 7.36. The lowest BCUT2D eigenvalue weighted by molar-refractivity contribution is -0.184. The van der Waals surface area contributed by atoms with Crippen LogP contribution in [0.15, 0.2) is 30.8 Å². The second kappa shape index (κ2) is 2.98. The van der Waals surface area contributed by atoms with E-state index in [2.05, 4.69) is 6.58 Å². The van der Waals surface area contributed by atoms with Gasteiger partial charge in [-0.05, 0) is 11.1 Å². The molecule has 68 valence electrons. The molecule has 0 radical (unpaired) electrons. The highest BCUT2D eigenvalue weighted by Crippen LogP contribution is 2.29. The van der Waals surface area contributed by atoms with Gasteiger partial charge in [-0.1, -0.05) is 36.9 Å². The zero-order chi connectivity index (χ0) is 9.31. The maximum absolute atomic E-state index is 9.89. The Bertz CT molecular complexity index is 309. The average Bonchev–Trinajstić information content (AvgIpc) is 2.14. The van der Waals surface area contributed by atoms with Gasteiger partial charge in [0.1, 0.15) is 5.60 Å². The van der Waals surface area contributed by atoms with E-state index < -0.39 is 5.60 Å². The summed E-state index contributed by atoms with van der Waals surface area (Å²) in [6.45, 7) is 4.48. The average molecular weight is 176 g/mol. The van der Waals surface area contributed by atoms with Crippen LogP contribution in [0.2, 0.25) is 0 Å². The summed E-state index contributed by atoms with van der Waals surface area (Å²) in [5.74, 6) is 0. The van der Waals surface area contributed by atoms with E-state index in [0.717, 1.165) is 11.1 Å². The lowest BCUT2D eigenvalue weighted by Crippen LogP contribution is -2.46. The topological polar surface area (TPSA) is 29.5 Å². The molecule has 0 unspecified atom stereocenters. The molecule has 0 amide bonds. The molecule has 1 heterocycles. The number of rotatable bonds is 2. The van der Waals surface area contributed by atoms with Crippen LogP contribution in [0.1, 0.15) is 11.1 Å². The second-order valence-electron chi connectivity index (χ2n) is 3.35. The number of hydrogen-bond donors (Lipinski definition) is 1. The maximum atomic E-state index is 9.89. The van der Waals surface area contributed by atoms with Crippen molar-refractivity contribution in [1.82, 2.24) is 0 Å². The monoisotopic (exact) mass is 176 g/mol. The number of benzene rings is 1. The summed E-state index contributed by atoms with van der Waals surface area (Å²) in [5.41, 5.74) is 1.23. The zero-order valence-corrected chi connectivity index (χ0v) is 7.36. The van der Waals surface area contributed by atoms with Gasteiger partial charge in [-0.3, -0.25) is 0 Å². The van der Waals surface area contributed by atoms with Crippen LogP contribution in [0.3, 0.4) is 0 Å². The summed E-state index contributed by atoms with van der Waals surface area (Å²) in [5, 5.41) is 9.89. The molecule has 0 bridgehead atoms. The Kier molecular flexibility index (Phi) is 1.94. The highest BCUT2D eigenvalue weighted by molar-refractivity contribution is 5.47. The number of hydrogen-bond acceptors (Lipinski definition) is 2. The van der Waals surface area contributed by atoms with Crippen molar-refractivity contribution in [1.29, 1.82) is 0 Å². The molecule has 13 heavy (non-hydrogen) atoms. The predicted molar refractivity (Wildman–Crippen MR) is 51.2 cm³/mol. The van der Waals surface area contributed by atoms with Gasteiger partial charge < -0.3 is 9.84 Å². The fourth-order valence-corrected chi connectivity index (χ4v) is 1.39. The summed E-state index contributed by atoms with van der Waals surface area (Å²) < 4.78 is 4.98. The fraction of sp³-hybridized carbons (Fsp3) is 0.273. The molecule has 0 aromatic heterocycles. The van der Waals surface area contributed by atoms with Gasteiger partial charge in [0.15, 0.2) is 0 Å². The SMILES string of the molecule is C=Cc1ccc(C2(O)COC2)cc1. The van der Waals surface area contributed by atoms with Crippen LogP contribution in [0, 0.1) is 0 Å². The van der Waals surface area contributed by atoms with Crippen LogP contribution in [0.5, 0.6) is 0 Å². The van der Waals surface area contributed by atoms with Gasteiger partial charge in [0.2, 0.25) is 0 Å². The largest absolute Gasteiger partial charge is 0.380 e. The molecule has 1 aliphatic rings. The van der Waals surface area contributed by atoms with Crippen molar-refractivity contribution in [2.45, 2.75) is 5.60 Å². The first-order valence-corrected chi connectivity index (χ1v) is 4.28. The Morgan fingerprint density at radius 3 is 2.31 bits per heavy atom. The van der Waals surface area contributed by atoms with Crippen molar-refractivity contribution in [2.24, 2.45) is 0 Å².